The highest BCUT2D eigenvalue weighted by Gasteiger charge is 2.29. The van der Waals surface area contributed by atoms with Crippen LogP contribution < -0.4 is 14.8 Å². The number of nitrogens with zero attached hydrogens (tertiary/aromatic N) is 1. The van der Waals surface area contributed by atoms with Crippen LogP contribution in [0.3, 0.4) is 0 Å². The molecule has 1 N–H and O–H groups in total. The van der Waals surface area contributed by atoms with Gasteiger partial charge in [0.15, 0.2) is 13.2 Å². The summed E-state index contributed by atoms with van der Waals surface area (Å²) in [6.45, 7) is 3.99. The van der Waals surface area contributed by atoms with Crippen molar-refractivity contribution in [1.29, 1.82) is 0 Å². The van der Waals surface area contributed by atoms with Crippen molar-refractivity contribution in [2.75, 3.05) is 18.5 Å². The smallest absolute Gasteiger partial charge is 0.262 e. The van der Waals surface area contributed by atoms with Crippen molar-refractivity contribution in [2.45, 2.75) is 45.2 Å². The molecule has 1 fully saturated rings. The molecule has 154 valence electrons. The summed E-state index contributed by atoms with van der Waals surface area (Å²) in [6, 6.07) is 16.7. The van der Waals surface area contributed by atoms with Gasteiger partial charge in [0.1, 0.15) is 11.5 Å². The third-order valence-corrected chi connectivity index (χ3v) is 5.11. The van der Waals surface area contributed by atoms with Crippen LogP contribution in [0.2, 0.25) is 0 Å². The number of hydrogen-bond acceptors (Lipinski definition) is 4. The molecular formula is C23H28N2O4. The molecule has 29 heavy (non-hydrogen) atoms. The zero-order valence-electron chi connectivity index (χ0n) is 17.0. The molecule has 2 aromatic carbocycles. The van der Waals surface area contributed by atoms with E-state index in [0.717, 1.165) is 19.3 Å². The molecule has 2 amide bonds. The summed E-state index contributed by atoms with van der Waals surface area (Å²) in [6.07, 6.45) is 3.18. The van der Waals surface area contributed by atoms with Crippen molar-refractivity contribution in [3.8, 4) is 11.5 Å². The predicted octanol–water partition coefficient (Wildman–Crippen LogP) is 3.87. The topological polar surface area (TPSA) is 67.9 Å². The summed E-state index contributed by atoms with van der Waals surface area (Å²) in [5.74, 6) is 0.765. The highest BCUT2D eigenvalue weighted by atomic mass is 16.5. The predicted molar refractivity (Wildman–Crippen MR) is 112 cm³/mol. The van der Waals surface area contributed by atoms with E-state index < -0.39 is 0 Å². The van der Waals surface area contributed by atoms with Crippen LogP contribution in [-0.4, -0.2) is 42.0 Å². The lowest BCUT2D eigenvalue weighted by Gasteiger charge is -2.39. The van der Waals surface area contributed by atoms with Gasteiger partial charge in [0.25, 0.3) is 11.8 Å². The Hall–Kier alpha value is -3.02. The fourth-order valence-electron chi connectivity index (χ4n) is 3.67. The maximum Gasteiger partial charge on any atom is 0.262 e. The average molecular weight is 396 g/mol. The minimum Gasteiger partial charge on any atom is -0.484 e. The van der Waals surface area contributed by atoms with E-state index in [9.17, 15) is 9.59 Å². The van der Waals surface area contributed by atoms with E-state index in [1.807, 2.05) is 29.2 Å². The maximum absolute atomic E-state index is 12.7. The van der Waals surface area contributed by atoms with Gasteiger partial charge >= 0.3 is 0 Å². The Morgan fingerprint density at radius 3 is 2.31 bits per heavy atom. The fourth-order valence-corrected chi connectivity index (χ4v) is 3.67. The zero-order chi connectivity index (χ0) is 20.6. The Labute approximate surface area is 171 Å². The van der Waals surface area contributed by atoms with Gasteiger partial charge in [-0.3, -0.25) is 9.59 Å². The van der Waals surface area contributed by atoms with Crippen LogP contribution >= 0.6 is 0 Å². The second kappa shape index (κ2) is 9.96. The number of ether oxygens (including phenoxy) is 2. The van der Waals surface area contributed by atoms with Gasteiger partial charge in [-0.1, -0.05) is 30.3 Å². The lowest BCUT2D eigenvalue weighted by atomic mass is 9.97. The monoisotopic (exact) mass is 396 g/mol. The second-order valence-corrected chi connectivity index (χ2v) is 7.36. The number of piperidine rings is 1. The number of likely N-dealkylation sites (tertiary alicyclic amines) is 1. The first-order valence-electron chi connectivity index (χ1n) is 10.1. The molecule has 6 nitrogen and oxygen atoms in total. The molecule has 0 aromatic heterocycles. The molecule has 0 saturated carbocycles. The molecular weight excluding hydrogens is 368 g/mol. The van der Waals surface area contributed by atoms with Crippen LogP contribution in [0.1, 0.15) is 33.1 Å². The van der Waals surface area contributed by atoms with E-state index in [-0.39, 0.29) is 37.1 Å². The second-order valence-electron chi connectivity index (χ2n) is 7.36. The minimum atomic E-state index is -0.297. The van der Waals surface area contributed by atoms with Crippen molar-refractivity contribution < 1.29 is 19.1 Å². The number of para-hydroxylation sites is 3. The first kappa shape index (κ1) is 20.7. The molecule has 0 radical (unpaired) electrons. The van der Waals surface area contributed by atoms with Gasteiger partial charge < -0.3 is 19.7 Å². The molecule has 1 saturated heterocycles. The van der Waals surface area contributed by atoms with E-state index in [1.54, 1.807) is 30.3 Å². The van der Waals surface area contributed by atoms with E-state index in [1.165, 1.54) is 0 Å². The standard InChI is InChI=1S/C23H28N2O4/c1-17-9-8-10-18(2)25(17)23(27)16-29-21-14-7-6-13-20(21)24-22(26)15-28-19-11-4-3-5-12-19/h3-7,11-14,17-18H,8-10,15-16H2,1-2H3,(H,24,26). The lowest BCUT2D eigenvalue weighted by molar-refractivity contribution is -0.139. The molecule has 3 rings (SSSR count). The number of carbonyl (C=O) groups is 2. The summed E-state index contributed by atoms with van der Waals surface area (Å²) in [5.41, 5.74) is 0.515. The highest BCUT2D eigenvalue weighted by Crippen LogP contribution is 2.26. The van der Waals surface area contributed by atoms with Gasteiger partial charge in [-0.05, 0) is 57.4 Å². The quantitative estimate of drug-likeness (QED) is 0.771. The van der Waals surface area contributed by atoms with Crippen molar-refractivity contribution in [1.82, 2.24) is 4.90 Å². The van der Waals surface area contributed by atoms with E-state index in [0.29, 0.717) is 17.2 Å². The maximum atomic E-state index is 12.7. The third-order valence-electron chi connectivity index (χ3n) is 5.11. The molecule has 1 heterocycles. The van der Waals surface area contributed by atoms with E-state index in [2.05, 4.69) is 19.2 Å². The van der Waals surface area contributed by atoms with Gasteiger partial charge in [0, 0.05) is 12.1 Å². The van der Waals surface area contributed by atoms with E-state index in [4.69, 9.17) is 9.47 Å². The minimum absolute atomic E-state index is 0.0294. The SMILES string of the molecule is CC1CCCC(C)N1C(=O)COc1ccccc1NC(=O)COc1ccccc1. The van der Waals surface area contributed by atoms with Crippen molar-refractivity contribution >= 4 is 17.5 Å². The number of rotatable bonds is 7. The number of hydrogen-bond donors (Lipinski definition) is 1. The van der Waals surface area contributed by atoms with Gasteiger partial charge in [0.05, 0.1) is 5.69 Å². The summed E-state index contributed by atoms with van der Waals surface area (Å²) in [7, 11) is 0. The first-order valence-corrected chi connectivity index (χ1v) is 10.1. The van der Waals surface area contributed by atoms with Crippen molar-refractivity contribution in [3.63, 3.8) is 0 Å². The van der Waals surface area contributed by atoms with Crippen LogP contribution in [0.25, 0.3) is 0 Å². The average Bonchev–Trinajstić information content (AvgIpc) is 2.72. The Morgan fingerprint density at radius 1 is 0.931 bits per heavy atom. The Morgan fingerprint density at radius 2 is 1.59 bits per heavy atom. The molecule has 2 unspecified atom stereocenters. The van der Waals surface area contributed by atoms with Crippen LogP contribution in [0.5, 0.6) is 11.5 Å². The van der Waals surface area contributed by atoms with Crippen molar-refractivity contribution in [3.05, 3.63) is 54.6 Å². The van der Waals surface area contributed by atoms with E-state index >= 15 is 0 Å². The van der Waals surface area contributed by atoms with Crippen molar-refractivity contribution in [2.24, 2.45) is 0 Å². The summed E-state index contributed by atoms with van der Waals surface area (Å²) >= 11 is 0. The zero-order valence-corrected chi connectivity index (χ0v) is 17.0. The number of anilines is 1. The van der Waals surface area contributed by atoms with Gasteiger partial charge in [-0.15, -0.1) is 0 Å². The number of benzene rings is 2. The number of carbonyl (C=O) groups excluding carboxylic acids is 2. The fraction of sp³-hybridized carbons (Fsp3) is 0.391. The Balaban J connectivity index is 1.55. The molecule has 6 heteroatoms. The highest BCUT2D eigenvalue weighted by molar-refractivity contribution is 5.93. The summed E-state index contributed by atoms with van der Waals surface area (Å²) in [4.78, 5) is 26.8. The van der Waals surface area contributed by atoms with Crippen LogP contribution in [0.15, 0.2) is 54.6 Å². The van der Waals surface area contributed by atoms with Gasteiger partial charge in [0.2, 0.25) is 0 Å². The summed E-state index contributed by atoms with van der Waals surface area (Å²) in [5, 5.41) is 2.79. The summed E-state index contributed by atoms with van der Waals surface area (Å²) < 4.78 is 11.2. The normalized spacial score (nSPS) is 18.8. The number of amides is 2. The lowest BCUT2D eigenvalue weighted by Crippen LogP contribution is -2.49. The Kier molecular flexibility index (Phi) is 7.11. The molecule has 1 aliphatic heterocycles. The molecule has 1 aliphatic rings. The Bertz CT molecular complexity index is 815. The molecule has 0 aliphatic carbocycles. The van der Waals surface area contributed by atoms with Crippen LogP contribution in [-0.2, 0) is 9.59 Å². The van der Waals surface area contributed by atoms with Crippen LogP contribution in [0.4, 0.5) is 5.69 Å². The number of nitrogens with one attached hydrogen (secondary N) is 1. The molecule has 0 spiro atoms. The third kappa shape index (κ3) is 5.73. The molecule has 2 aromatic rings. The molecule has 0 bridgehead atoms. The molecule has 2 atom stereocenters. The largest absolute Gasteiger partial charge is 0.484 e. The van der Waals surface area contributed by atoms with Gasteiger partial charge in [-0.25, -0.2) is 0 Å². The first-order chi connectivity index (χ1) is 14.0. The van der Waals surface area contributed by atoms with Gasteiger partial charge in [-0.2, -0.15) is 0 Å². The van der Waals surface area contributed by atoms with Crippen LogP contribution in [0, 0.1) is 0 Å².